The minimum atomic E-state index is 0.0695. The van der Waals surface area contributed by atoms with Crippen molar-refractivity contribution in [1.82, 2.24) is 5.32 Å². The number of hydrogen-bond donors (Lipinski definition) is 1. The minimum Gasteiger partial charge on any atom is -0.333 e. The molecule has 0 bridgehead atoms. The Morgan fingerprint density at radius 1 is 1.27 bits per heavy atom. The van der Waals surface area contributed by atoms with Crippen molar-refractivity contribution < 1.29 is 4.79 Å². The first-order chi connectivity index (χ1) is 7.18. The Hall–Kier alpha value is -1.57. The van der Waals surface area contributed by atoms with Gasteiger partial charge < -0.3 is 5.32 Å². The van der Waals surface area contributed by atoms with Crippen molar-refractivity contribution in [2.75, 3.05) is 0 Å². The predicted octanol–water partition coefficient (Wildman–Crippen LogP) is 2.66. The first-order valence-electron chi connectivity index (χ1n) is 5.15. The number of carbonyl (C=O) groups excluding carboxylic acids is 1. The first kappa shape index (κ1) is 11.5. The summed E-state index contributed by atoms with van der Waals surface area (Å²) in [5.74, 6) is 0.0695. The van der Waals surface area contributed by atoms with E-state index in [1.165, 1.54) is 5.56 Å². The zero-order valence-electron chi connectivity index (χ0n) is 9.29. The van der Waals surface area contributed by atoms with Crippen LogP contribution in [0.1, 0.15) is 25.8 Å². The Kier molecular flexibility index (Phi) is 4.61. The van der Waals surface area contributed by atoms with Gasteiger partial charge in [0.1, 0.15) is 0 Å². The van der Waals surface area contributed by atoms with E-state index in [1.807, 2.05) is 44.2 Å². The molecule has 0 unspecified atom stereocenters. The van der Waals surface area contributed by atoms with Crippen LogP contribution in [0.2, 0.25) is 0 Å². The number of allylic oxidation sites excluding steroid dienone is 1. The fourth-order valence-corrected chi connectivity index (χ4v) is 1.20. The maximum atomic E-state index is 11.4. The van der Waals surface area contributed by atoms with Crippen molar-refractivity contribution in [3.63, 3.8) is 0 Å². The Morgan fingerprint density at radius 3 is 2.53 bits per heavy atom. The van der Waals surface area contributed by atoms with Crippen molar-refractivity contribution in [2.24, 2.45) is 0 Å². The standard InChI is InChI=1S/C13H17NO/c1-11(2)10-14-13(15)9-8-12-6-4-3-5-7-12/h3-7,10H,8-9H2,1-2H3,(H,14,15). The number of amides is 1. The van der Waals surface area contributed by atoms with Gasteiger partial charge in [0.25, 0.3) is 0 Å². The molecule has 0 saturated heterocycles. The Labute approximate surface area is 91.0 Å². The van der Waals surface area contributed by atoms with Gasteiger partial charge in [0.05, 0.1) is 0 Å². The quantitative estimate of drug-likeness (QED) is 0.800. The van der Waals surface area contributed by atoms with Crippen LogP contribution >= 0.6 is 0 Å². The zero-order valence-corrected chi connectivity index (χ0v) is 9.29. The molecule has 0 aliphatic carbocycles. The van der Waals surface area contributed by atoms with E-state index < -0.39 is 0 Å². The van der Waals surface area contributed by atoms with E-state index in [2.05, 4.69) is 5.32 Å². The van der Waals surface area contributed by atoms with Gasteiger partial charge in [0.15, 0.2) is 0 Å². The maximum Gasteiger partial charge on any atom is 0.224 e. The van der Waals surface area contributed by atoms with Crippen molar-refractivity contribution in [3.05, 3.63) is 47.7 Å². The van der Waals surface area contributed by atoms with E-state index in [1.54, 1.807) is 6.20 Å². The molecule has 0 aromatic heterocycles. The monoisotopic (exact) mass is 203 g/mol. The molecule has 1 rings (SSSR count). The molecule has 1 aromatic rings. The fourth-order valence-electron chi connectivity index (χ4n) is 1.20. The van der Waals surface area contributed by atoms with Crippen LogP contribution in [0, 0.1) is 0 Å². The SMILES string of the molecule is CC(C)=CNC(=O)CCc1ccccc1. The third kappa shape index (κ3) is 5.01. The molecule has 0 fully saturated rings. The number of carbonyl (C=O) groups is 1. The Balaban J connectivity index is 2.32. The van der Waals surface area contributed by atoms with Gasteiger partial charge in [-0.1, -0.05) is 35.9 Å². The van der Waals surface area contributed by atoms with Crippen LogP contribution in [0.15, 0.2) is 42.1 Å². The van der Waals surface area contributed by atoms with E-state index >= 15 is 0 Å². The lowest BCUT2D eigenvalue weighted by Crippen LogP contribution is -2.17. The zero-order chi connectivity index (χ0) is 11.1. The topological polar surface area (TPSA) is 29.1 Å². The molecule has 2 nitrogen and oxygen atoms in total. The Bertz CT molecular complexity index is 337. The molecule has 0 saturated carbocycles. The lowest BCUT2D eigenvalue weighted by atomic mass is 10.1. The second kappa shape index (κ2) is 6.02. The molecule has 0 aliphatic heterocycles. The van der Waals surface area contributed by atoms with E-state index in [0.29, 0.717) is 6.42 Å². The fraction of sp³-hybridized carbons (Fsp3) is 0.308. The number of hydrogen-bond acceptors (Lipinski definition) is 1. The molecular formula is C13H17NO. The van der Waals surface area contributed by atoms with Gasteiger partial charge >= 0.3 is 0 Å². The molecule has 15 heavy (non-hydrogen) atoms. The minimum absolute atomic E-state index is 0.0695. The van der Waals surface area contributed by atoms with Crippen LogP contribution in [0.3, 0.4) is 0 Å². The van der Waals surface area contributed by atoms with Crippen LogP contribution in [-0.4, -0.2) is 5.91 Å². The maximum absolute atomic E-state index is 11.4. The summed E-state index contributed by atoms with van der Waals surface area (Å²) in [6.07, 6.45) is 3.07. The van der Waals surface area contributed by atoms with Gasteiger partial charge in [-0.15, -0.1) is 0 Å². The van der Waals surface area contributed by atoms with Gasteiger partial charge in [0.2, 0.25) is 5.91 Å². The van der Waals surface area contributed by atoms with Crippen LogP contribution < -0.4 is 5.32 Å². The molecule has 0 aliphatic rings. The summed E-state index contributed by atoms with van der Waals surface area (Å²) in [6, 6.07) is 10.0. The summed E-state index contributed by atoms with van der Waals surface area (Å²) < 4.78 is 0. The summed E-state index contributed by atoms with van der Waals surface area (Å²) in [6.45, 7) is 3.91. The molecule has 80 valence electrons. The van der Waals surface area contributed by atoms with Crippen molar-refractivity contribution in [3.8, 4) is 0 Å². The van der Waals surface area contributed by atoms with E-state index in [0.717, 1.165) is 12.0 Å². The molecule has 0 heterocycles. The average Bonchev–Trinajstić information content (AvgIpc) is 2.25. The lowest BCUT2D eigenvalue weighted by Gasteiger charge is -2.01. The molecule has 0 spiro atoms. The Morgan fingerprint density at radius 2 is 1.93 bits per heavy atom. The number of rotatable bonds is 4. The molecule has 1 amide bonds. The molecule has 2 heteroatoms. The molecule has 1 aromatic carbocycles. The van der Waals surface area contributed by atoms with Gasteiger partial charge in [-0.25, -0.2) is 0 Å². The third-order valence-corrected chi connectivity index (χ3v) is 2.01. The summed E-state index contributed by atoms with van der Waals surface area (Å²) in [7, 11) is 0. The molecule has 0 radical (unpaired) electrons. The van der Waals surface area contributed by atoms with Crippen LogP contribution in [0.25, 0.3) is 0 Å². The highest BCUT2D eigenvalue weighted by molar-refractivity contribution is 5.77. The highest BCUT2D eigenvalue weighted by Crippen LogP contribution is 2.02. The number of nitrogens with one attached hydrogen (secondary N) is 1. The second-order valence-electron chi connectivity index (χ2n) is 3.77. The highest BCUT2D eigenvalue weighted by atomic mass is 16.1. The molecule has 1 N–H and O–H groups in total. The summed E-state index contributed by atoms with van der Waals surface area (Å²) in [5.41, 5.74) is 2.30. The highest BCUT2D eigenvalue weighted by Gasteiger charge is 1.99. The smallest absolute Gasteiger partial charge is 0.224 e. The van der Waals surface area contributed by atoms with Crippen molar-refractivity contribution in [1.29, 1.82) is 0 Å². The predicted molar refractivity (Wildman–Crippen MR) is 62.3 cm³/mol. The van der Waals surface area contributed by atoms with Gasteiger partial charge in [-0.05, 0) is 25.8 Å². The number of aryl methyl sites for hydroxylation is 1. The van der Waals surface area contributed by atoms with Crippen LogP contribution in [-0.2, 0) is 11.2 Å². The largest absolute Gasteiger partial charge is 0.333 e. The lowest BCUT2D eigenvalue weighted by molar-refractivity contribution is -0.120. The van der Waals surface area contributed by atoms with Gasteiger partial charge in [0, 0.05) is 12.6 Å². The van der Waals surface area contributed by atoms with Crippen LogP contribution in [0.5, 0.6) is 0 Å². The molecule has 0 atom stereocenters. The van der Waals surface area contributed by atoms with Crippen molar-refractivity contribution in [2.45, 2.75) is 26.7 Å². The molecular weight excluding hydrogens is 186 g/mol. The van der Waals surface area contributed by atoms with Crippen LogP contribution in [0.4, 0.5) is 0 Å². The first-order valence-corrected chi connectivity index (χ1v) is 5.15. The third-order valence-electron chi connectivity index (χ3n) is 2.01. The van der Waals surface area contributed by atoms with Crippen molar-refractivity contribution >= 4 is 5.91 Å². The van der Waals surface area contributed by atoms with E-state index in [9.17, 15) is 4.79 Å². The normalized spacial score (nSPS) is 9.47. The van der Waals surface area contributed by atoms with Gasteiger partial charge in [-0.2, -0.15) is 0 Å². The van der Waals surface area contributed by atoms with E-state index in [4.69, 9.17) is 0 Å². The average molecular weight is 203 g/mol. The second-order valence-corrected chi connectivity index (χ2v) is 3.77. The van der Waals surface area contributed by atoms with Gasteiger partial charge in [-0.3, -0.25) is 4.79 Å². The number of benzene rings is 1. The van der Waals surface area contributed by atoms with E-state index in [-0.39, 0.29) is 5.91 Å². The summed E-state index contributed by atoms with van der Waals surface area (Å²) >= 11 is 0. The summed E-state index contributed by atoms with van der Waals surface area (Å²) in [4.78, 5) is 11.4. The summed E-state index contributed by atoms with van der Waals surface area (Å²) in [5, 5.41) is 2.75.